The van der Waals surface area contributed by atoms with E-state index in [0.29, 0.717) is 47.9 Å². The summed E-state index contributed by atoms with van der Waals surface area (Å²) in [5.41, 5.74) is 0.210. The van der Waals surface area contributed by atoms with Gasteiger partial charge in [-0.1, -0.05) is 60.1 Å². The molecule has 7 rings (SSSR count). The van der Waals surface area contributed by atoms with E-state index < -0.39 is 44.2 Å². The number of allylic oxidation sites excluding steroid dienone is 2. The number of carbonyl (C=O) groups excluding carboxylic acids is 3. The Morgan fingerprint density at radius 3 is 2.76 bits per heavy atom. The van der Waals surface area contributed by atoms with Gasteiger partial charge in [0.1, 0.15) is 11.9 Å². The smallest absolute Gasteiger partial charge is 0.274 e. The van der Waals surface area contributed by atoms with Crippen molar-refractivity contribution in [2.24, 2.45) is 17.3 Å². The van der Waals surface area contributed by atoms with Gasteiger partial charge in [-0.2, -0.15) is 0 Å². The summed E-state index contributed by atoms with van der Waals surface area (Å²) in [6, 6.07) is 10.7. The topological polar surface area (TPSA) is 123 Å². The zero-order chi connectivity index (χ0) is 35.3. The zero-order valence-corrected chi connectivity index (χ0v) is 30.3. The number of ether oxygens (including phenoxy) is 1. The van der Waals surface area contributed by atoms with Crippen molar-refractivity contribution >= 4 is 60.8 Å². The first-order chi connectivity index (χ1) is 23.9. The van der Waals surface area contributed by atoms with Crippen molar-refractivity contribution in [2.75, 3.05) is 6.54 Å². The van der Waals surface area contributed by atoms with Crippen LogP contribution < -0.4 is 9.46 Å². The summed E-state index contributed by atoms with van der Waals surface area (Å²) in [6.45, 7) is 1.76. The predicted octanol–water partition coefficient (Wildman–Crippen LogP) is 6.78. The van der Waals surface area contributed by atoms with Crippen LogP contribution in [0.2, 0.25) is 5.02 Å². The summed E-state index contributed by atoms with van der Waals surface area (Å²) in [6.07, 6.45) is 8.93. The minimum atomic E-state index is -3.91. The highest BCUT2D eigenvalue weighted by Gasteiger charge is 2.62. The molecule has 3 heterocycles. The van der Waals surface area contributed by atoms with Crippen LogP contribution in [0.25, 0.3) is 10.2 Å². The number of rotatable bonds is 7. The standard InChI is InChI=1S/C37H41ClFN3O6S2/c1-36(14-15-36)50(46,47)41-34(45)37-20-25(37)10-6-4-2-3-5-9-24(16-23-8-7-11-27(39)17-23)33(44)42-22-28(19-30(42)31(43)21-37)48-35-40-29-13-12-26(38)18-32(29)49-35/h6-8,10-13,17-18,24-25,28,30H,2-5,9,14-16,19-22H2,1H3,(H,41,45)/b10-6-/t24-,25-,28-,30+,37-/m1/s1. The van der Waals surface area contributed by atoms with Gasteiger partial charge in [-0.25, -0.2) is 17.8 Å². The van der Waals surface area contributed by atoms with Crippen LogP contribution in [0.5, 0.6) is 5.19 Å². The van der Waals surface area contributed by atoms with Gasteiger partial charge < -0.3 is 9.64 Å². The Morgan fingerprint density at radius 1 is 1.16 bits per heavy atom. The van der Waals surface area contributed by atoms with Gasteiger partial charge in [-0.05, 0) is 93.7 Å². The Balaban J connectivity index is 1.19. The number of sulfonamides is 1. The van der Waals surface area contributed by atoms with E-state index in [-0.39, 0.29) is 42.8 Å². The number of halogens is 2. The van der Waals surface area contributed by atoms with Gasteiger partial charge in [0.15, 0.2) is 5.78 Å². The molecular weight excluding hydrogens is 701 g/mol. The van der Waals surface area contributed by atoms with Gasteiger partial charge >= 0.3 is 0 Å². The third-order valence-electron chi connectivity index (χ3n) is 10.9. The summed E-state index contributed by atoms with van der Waals surface area (Å²) in [7, 11) is -3.91. The van der Waals surface area contributed by atoms with Gasteiger partial charge in [0.2, 0.25) is 21.8 Å². The number of hydrogen-bond acceptors (Lipinski definition) is 8. The van der Waals surface area contributed by atoms with Gasteiger partial charge in [-0.15, -0.1) is 0 Å². The van der Waals surface area contributed by atoms with Gasteiger partial charge in [0.05, 0.1) is 33.0 Å². The molecule has 5 atom stereocenters. The highest BCUT2D eigenvalue weighted by molar-refractivity contribution is 7.91. The lowest BCUT2D eigenvalue weighted by molar-refractivity contribution is -0.142. The molecule has 266 valence electrons. The molecular formula is C37H41ClFN3O6S2. The van der Waals surface area contributed by atoms with Crippen LogP contribution in [0, 0.1) is 23.1 Å². The second-order valence-corrected chi connectivity index (χ2v) is 18.3. The number of aromatic nitrogens is 1. The number of fused-ring (bicyclic) bond motifs is 3. The summed E-state index contributed by atoms with van der Waals surface area (Å²) >= 11 is 7.51. The maximum absolute atomic E-state index is 14.5. The van der Waals surface area contributed by atoms with E-state index in [0.717, 1.165) is 35.9 Å². The molecule has 13 heteroatoms. The summed E-state index contributed by atoms with van der Waals surface area (Å²) in [5.74, 6) is -2.32. The van der Waals surface area contributed by atoms with Crippen molar-refractivity contribution in [1.29, 1.82) is 0 Å². The largest absolute Gasteiger partial charge is 0.465 e. The Morgan fingerprint density at radius 2 is 1.98 bits per heavy atom. The van der Waals surface area contributed by atoms with E-state index in [9.17, 15) is 27.2 Å². The van der Waals surface area contributed by atoms with Crippen LogP contribution in [0.4, 0.5) is 4.39 Å². The van der Waals surface area contributed by atoms with E-state index in [1.54, 1.807) is 42.2 Å². The molecule has 3 aromatic rings. The number of Topliss-reactive ketones (excluding diaryl/α,β-unsaturated/α-hetero) is 1. The molecule has 0 radical (unpaired) electrons. The van der Waals surface area contributed by atoms with E-state index >= 15 is 0 Å². The van der Waals surface area contributed by atoms with Crippen LogP contribution in [-0.2, 0) is 30.8 Å². The van der Waals surface area contributed by atoms with Crippen LogP contribution in [0.1, 0.15) is 76.7 Å². The Hall–Kier alpha value is -3.35. The second kappa shape index (κ2) is 13.7. The Kier molecular flexibility index (Phi) is 9.57. The zero-order valence-electron chi connectivity index (χ0n) is 27.9. The van der Waals surface area contributed by atoms with Crippen molar-refractivity contribution in [2.45, 2.75) is 94.4 Å². The van der Waals surface area contributed by atoms with Crippen molar-refractivity contribution < 1.29 is 31.9 Å². The van der Waals surface area contributed by atoms with Crippen molar-refractivity contribution in [3.05, 3.63) is 71.0 Å². The molecule has 50 heavy (non-hydrogen) atoms. The third-order valence-corrected chi connectivity index (χ3v) is 14.2. The van der Waals surface area contributed by atoms with E-state index in [1.165, 1.54) is 23.5 Å². The molecule has 1 aromatic heterocycles. The first-order valence-electron chi connectivity index (χ1n) is 17.4. The molecule has 9 nitrogen and oxygen atoms in total. The molecule has 2 aromatic carbocycles. The summed E-state index contributed by atoms with van der Waals surface area (Å²) in [4.78, 5) is 48.9. The number of amides is 2. The van der Waals surface area contributed by atoms with Gasteiger partial charge in [-0.3, -0.25) is 19.1 Å². The molecule has 0 bridgehead atoms. The molecule has 0 unspecified atom stereocenters. The number of nitrogens with zero attached hydrogens (tertiary/aromatic N) is 2. The van der Waals surface area contributed by atoms with E-state index in [1.807, 2.05) is 12.2 Å². The first-order valence-corrected chi connectivity index (χ1v) is 20.1. The van der Waals surface area contributed by atoms with Crippen LogP contribution in [0.3, 0.4) is 0 Å². The number of carbonyl (C=O) groups is 3. The first kappa shape index (κ1) is 35.1. The normalized spacial score (nSPS) is 29.0. The average molecular weight is 742 g/mol. The van der Waals surface area contributed by atoms with E-state index in [4.69, 9.17) is 16.3 Å². The molecule has 2 aliphatic heterocycles. The van der Waals surface area contributed by atoms with Crippen LogP contribution in [-0.4, -0.2) is 59.3 Å². The number of benzene rings is 2. The number of thiazole rings is 1. The van der Waals surface area contributed by atoms with Crippen LogP contribution in [0.15, 0.2) is 54.6 Å². The lowest BCUT2D eigenvalue weighted by atomic mass is 9.90. The fraction of sp³-hybridized carbons (Fsp3) is 0.514. The molecule has 0 spiro atoms. The summed E-state index contributed by atoms with van der Waals surface area (Å²) < 4.78 is 48.9. The van der Waals surface area contributed by atoms with Crippen molar-refractivity contribution in [1.82, 2.24) is 14.6 Å². The molecule has 1 saturated heterocycles. The van der Waals surface area contributed by atoms with Crippen molar-refractivity contribution in [3.8, 4) is 5.19 Å². The molecule has 2 amide bonds. The number of hydrogen-bond donors (Lipinski definition) is 1. The van der Waals surface area contributed by atoms with Crippen LogP contribution >= 0.6 is 22.9 Å². The average Bonchev–Trinajstić information content (AvgIpc) is 3.88. The quantitative estimate of drug-likeness (QED) is 0.265. The van der Waals surface area contributed by atoms with Gasteiger partial charge in [0, 0.05) is 23.8 Å². The summed E-state index contributed by atoms with van der Waals surface area (Å²) in [5, 5.41) is 0.971. The third kappa shape index (κ3) is 7.21. The maximum atomic E-state index is 14.5. The number of nitrogens with one attached hydrogen (secondary N) is 1. The maximum Gasteiger partial charge on any atom is 0.274 e. The second-order valence-electron chi connectivity index (χ2n) is 14.7. The van der Waals surface area contributed by atoms with Gasteiger partial charge in [0.25, 0.3) is 5.19 Å². The monoisotopic (exact) mass is 741 g/mol. The molecule has 4 aliphatic rings. The number of ketones is 1. The minimum absolute atomic E-state index is 0.140. The van der Waals surface area contributed by atoms with E-state index in [2.05, 4.69) is 9.71 Å². The highest BCUT2D eigenvalue weighted by Crippen LogP contribution is 2.57. The lowest BCUT2D eigenvalue weighted by Gasteiger charge is -2.29. The Bertz CT molecular complexity index is 1960. The fourth-order valence-corrected chi connectivity index (χ4v) is 9.93. The van der Waals surface area contributed by atoms with Crippen molar-refractivity contribution in [3.63, 3.8) is 0 Å². The molecule has 1 N–H and O–H groups in total. The molecule has 2 aliphatic carbocycles. The fourth-order valence-electron chi connectivity index (χ4n) is 7.44. The highest BCUT2D eigenvalue weighted by atomic mass is 35.5. The SMILES string of the molecule is CC1(S(=O)(=O)NC(=O)[C@]23CC(=O)[C@@H]4C[C@@H](Oc5nc6ccc(Cl)cc6s5)CN4C(=O)[C@@H](Cc4cccc(F)c4)CCCCC/C=C\[C@@H]2C3)CC1. The Labute approximate surface area is 300 Å². The predicted molar refractivity (Wildman–Crippen MR) is 190 cm³/mol. The lowest BCUT2D eigenvalue weighted by Crippen LogP contribution is -2.47. The molecule has 2 saturated carbocycles. The minimum Gasteiger partial charge on any atom is -0.465 e. The molecule has 3 fully saturated rings.